The first-order chi connectivity index (χ1) is 8.45. The number of hydrogen-bond donors (Lipinski definition) is 2. The summed E-state index contributed by atoms with van der Waals surface area (Å²) in [6.45, 7) is 4.13. The van der Waals surface area contributed by atoms with Gasteiger partial charge in [0, 0.05) is 13.6 Å². The topological polar surface area (TPSA) is 78.9 Å². The number of carbonyl (C=O) groups is 1. The first-order valence-corrected chi connectivity index (χ1v) is 5.73. The van der Waals surface area contributed by atoms with Gasteiger partial charge < -0.3 is 15.8 Å². The second kappa shape index (κ2) is 6.05. The molecule has 18 heavy (non-hydrogen) atoms. The average Bonchev–Trinajstić information content (AvgIpc) is 2.38. The van der Waals surface area contributed by atoms with Crippen LogP contribution >= 0.6 is 0 Å². The standard InChI is InChI=1S/C13H19N3O2/c1-9-4-6-11(7-5-9)8-16(3)13(17)10(2)12(14)15-18/h4-7,10,18H,8H2,1-3H3,(H2,14,15). The van der Waals surface area contributed by atoms with Crippen molar-refractivity contribution in [3.05, 3.63) is 35.4 Å². The Morgan fingerprint density at radius 2 is 2.00 bits per heavy atom. The Labute approximate surface area is 107 Å². The molecule has 5 nitrogen and oxygen atoms in total. The lowest BCUT2D eigenvalue weighted by molar-refractivity contribution is -0.132. The van der Waals surface area contributed by atoms with E-state index in [9.17, 15) is 4.79 Å². The van der Waals surface area contributed by atoms with E-state index in [-0.39, 0.29) is 11.7 Å². The van der Waals surface area contributed by atoms with Gasteiger partial charge in [0.25, 0.3) is 0 Å². The maximum atomic E-state index is 12.0. The molecule has 1 aromatic carbocycles. The molecule has 1 unspecified atom stereocenters. The SMILES string of the molecule is Cc1ccc(CN(C)C(=O)C(C)/C(N)=N/O)cc1. The van der Waals surface area contributed by atoms with E-state index in [1.165, 1.54) is 5.56 Å². The molecule has 1 aromatic rings. The van der Waals surface area contributed by atoms with Crippen molar-refractivity contribution in [2.24, 2.45) is 16.8 Å². The van der Waals surface area contributed by atoms with E-state index < -0.39 is 5.92 Å². The van der Waals surface area contributed by atoms with Crippen molar-refractivity contribution in [1.29, 1.82) is 0 Å². The summed E-state index contributed by atoms with van der Waals surface area (Å²) in [7, 11) is 1.70. The molecule has 1 atom stereocenters. The molecule has 0 saturated carbocycles. The number of carbonyl (C=O) groups excluding carboxylic acids is 1. The number of nitrogens with zero attached hydrogens (tertiary/aromatic N) is 2. The van der Waals surface area contributed by atoms with Crippen LogP contribution in [0.15, 0.2) is 29.4 Å². The van der Waals surface area contributed by atoms with Crippen molar-refractivity contribution in [2.45, 2.75) is 20.4 Å². The van der Waals surface area contributed by atoms with Crippen molar-refractivity contribution in [3.8, 4) is 0 Å². The lowest BCUT2D eigenvalue weighted by atomic mass is 10.1. The van der Waals surface area contributed by atoms with E-state index in [4.69, 9.17) is 10.9 Å². The Morgan fingerprint density at radius 1 is 1.44 bits per heavy atom. The zero-order chi connectivity index (χ0) is 13.7. The Hall–Kier alpha value is -2.04. The van der Waals surface area contributed by atoms with Gasteiger partial charge >= 0.3 is 0 Å². The number of rotatable bonds is 4. The highest BCUT2D eigenvalue weighted by molar-refractivity contribution is 6.01. The minimum absolute atomic E-state index is 0.0734. The zero-order valence-electron chi connectivity index (χ0n) is 10.9. The van der Waals surface area contributed by atoms with E-state index >= 15 is 0 Å². The third kappa shape index (κ3) is 3.48. The molecule has 98 valence electrons. The zero-order valence-corrected chi connectivity index (χ0v) is 10.9. The number of amides is 1. The molecule has 0 bridgehead atoms. The summed E-state index contributed by atoms with van der Waals surface area (Å²) in [6.07, 6.45) is 0. The van der Waals surface area contributed by atoms with Gasteiger partial charge in [-0.05, 0) is 19.4 Å². The summed E-state index contributed by atoms with van der Waals surface area (Å²) < 4.78 is 0. The largest absolute Gasteiger partial charge is 0.409 e. The van der Waals surface area contributed by atoms with Crippen LogP contribution in [0.2, 0.25) is 0 Å². The van der Waals surface area contributed by atoms with Crippen LogP contribution in [0.25, 0.3) is 0 Å². The summed E-state index contributed by atoms with van der Waals surface area (Å²) in [6, 6.07) is 7.96. The minimum atomic E-state index is -0.620. The first-order valence-electron chi connectivity index (χ1n) is 5.73. The fraction of sp³-hybridized carbons (Fsp3) is 0.385. The van der Waals surface area contributed by atoms with Gasteiger partial charge in [0.2, 0.25) is 5.91 Å². The highest BCUT2D eigenvalue weighted by Crippen LogP contribution is 2.09. The van der Waals surface area contributed by atoms with Crippen LogP contribution in [0.1, 0.15) is 18.1 Å². The fourth-order valence-electron chi connectivity index (χ4n) is 1.59. The van der Waals surface area contributed by atoms with Gasteiger partial charge in [-0.25, -0.2) is 0 Å². The quantitative estimate of drug-likeness (QED) is 0.366. The first kappa shape index (κ1) is 14.0. The lowest BCUT2D eigenvalue weighted by Gasteiger charge is -2.20. The molecule has 0 fully saturated rings. The predicted octanol–water partition coefficient (Wildman–Crippen LogP) is 1.34. The molecule has 0 aliphatic carbocycles. The second-order valence-electron chi connectivity index (χ2n) is 4.43. The highest BCUT2D eigenvalue weighted by atomic mass is 16.4. The predicted molar refractivity (Wildman–Crippen MR) is 70.2 cm³/mol. The monoisotopic (exact) mass is 249 g/mol. The Balaban J connectivity index is 2.68. The molecule has 0 saturated heterocycles. The smallest absolute Gasteiger partial charge is 0.233 e. The third-order valence-corrected chi connectivity index (χ3v) is 2.85. The molecule has 0 aliphatic rings. The minimum Gasteiger partial charge on any atom is -0.409 e. The van der Waals surface area contributed by atoms with Crippen molar-refractivity contribution >= 4 is 11.7 Å². The van der Waals surface area contributed by atoms with Gasteiger partial charge in [-0.1, -0.05) is 35.0 Å². The number of aryl methyl sites for hydroxylation is 1. The van der Waals surface area contributed by atoms with Crippen LogP contribution in [0.4, 0.5) is 0 Å². The number of oxime groups is 1. The van der Waals surface area contributed by atoms with Crippen LogP contribution in [0, 0.1) is 12.8 Å². The van der Waals surface area contributed by atoms with Crippen molar-refractivity contribution in [3.63, 3.8) is 0 Å². The van der Waals surface area contributed by atoms with Crippen LogP contribution in [0.5, 0.6) is 0 Å². The lowest BCUT2D eigenvalue weighted by Crippen LogP contribution is -2.38. The van der Waals surface area contributed by atoms with E-state index in [2.05, 4.69) is 5.16 Å². The average molecular weight is 249 g/mol. The Kier molecular flexibility index (Phi) is 4.71. The van der Waals surface area contributed by atoms with E-state index in [1.54, 1.807) is 18.9 Å². The molecule has 0 radical (unpaired) electrons. The van der Waals surface area contributed by atoms with Gasteiger partial charge in [0.05, 0.1) is 5.92 Å². The highest BCUT2D eigenvalue weighted by Gasteiger charge is 2.21. The Morgan fingerprint density at radius 3 is 2.50 bits per heavy atom. The van der Waals surface area contributed by atoms with E-state index in [1.807, 2.05) is 31.2 Å². The maximum Gasteiger partial charge on any atom is 0.233 e. The van der Waals surface area contributed by atoms with Crippen molar-refractivity contribution in [2.75, 3.05) is 7.05 Å². The normalized spacial score (nSPS) is 13.2. The summed E-state index contributed by atoms with van der Waals surface area (Å²) in [5.74, 6) is -0.868. The number of hydrogen-bond acceptors (Lipinski definition) is 3. The molecule has 0 heterocycles. The van der Waals surface area contributed by atoms with E-state index in [0.29, 0.717) is 6.54 Å². The summed E-state index contributed by atoms with van der Waals surface area (Å²) in [5.41, 5.74) is 7.64. The number of benzene rings is 1. The molecule has 1 rings (SSSR count). The van der Waals surface area contributed by atoms with Gasteiger partial charge in [-0.2, -0.15) is 0 Å². The molecular formula is C13H19N3O2. The molecule has 5 heteroatoms. The van der Waals surface area contributed by atoms with Crippen molar-refractivity contribution < 1.29 is 10.0 Å². The molecular weight excluding hydrogens is 230 g/mol. The third-order valence-electron chi connectivity index (χ3n) is 2.85. The van der Waals surface area contributed by atoms with Crippen LogP contribution in [-0.4, -0.2) is 28.9 Å². The summed E-state index contributed by atoms with van der Waals surface area (Å²) in [4.78, 5) is 13.5. The molecule has 0 aromatic heterocycles. The van der Waals surface area contributed by atoms with Gasteiger partial charge in [-0.3, -0.25) is 4.79 Å². The number of amidine groups is 1. The van der Waals surface area contributed by atoms with Crippen LogP contribution in [0.3, 0.4) is 0 Å². The van der Waals surface area contributed by atoms with Gasteiger partial charge in [-0.15, -0.1) is 0 Å². The molecule has 3 N–H and O–H groups in total. The van der Waals surface area contributed by atoms with Gasteiger partial charge in [0.1, 0.15) is 0 Å². The van der Waals surface area contributed by atoms with Crippen molar-refractivity contribution in [1.82, 2.24) is 4.90 Å². The summed E-state index contributed by atoms with van der Waals surface area (Å²) in [5, 5.41) is 11.4. The summed E-state index contributed by atoms with van der Waals surface area (Å²) >= 11 is 0. The fourth-order valence-corrected chi connectivity index (χ4v) is 1.59. The van der Waals surface area contributed by atoms with Crippen LogP contribution in [-0.2, 0) is 11.3 Å². The second-order valence-corrected chi connectivity index (χ2v) is 4.43. The Bertz CT molecular complexity index is 440. The van der Waals surface area contributed by atoms with Crippen LogP contribution < -0.4 is 5.73 Å². The van der Waals surface area contributed by atoms with Gasteiger partial charge in [0.15, 0.2) is 5.84 Å². The molecule has 0 aliphatic heterocycles. The molecule has 0 spiro atoms. The van der Waals surface area contributed by atoms with E-state index in [0.717, 1.165) is 5.56 Å². The number of nitrogens with two attached hydrogens (primary N) is 1. The molecule has 1 amide bonds. The maximum absolute atomic E-state index is 12.0.